The number of carbonyl (C=O) groups excluding carboxylic acids is 1. The first-order valence-electron chi connectivity index (χ1n) is 5.09. The van der Waals surface area contributed by atoms with Crippen LogP contribution in [0, 0.1) is 10.1 Å². The average molecular weight is 240 g/mol. The molecular formula is C11H10ClNO3. The summed E-state index contributed by atoms with van der Waals surface area (Å²) in [6.07, 6.45) is 3.57. The van der Waals surface area contributed by atoms with Crippen LogP contribution in [0.5, 0.6) is 0 Å². The minimum Gasteiger partial charge on any atom is -0.276 e. The van der Waals surface area contributed by atoms with E-state index < -0.39 is 10.2 Å². The van der Waals surface area contributed by atoms with Crippen LogP contribution in [-0.2, 0) is 12.8 Å². The number of nitrogens with zero attached hydrogens (tertiary/aromatic N) is 1. The second-order valence-corrected chi connectivity index (χ2v) is 4.21. The Bertz CT molecular complexity index is 471. The zero-order chi connectivity index (χ0) is 11.7. The number of halogens is 1. The lowest BCUT2D eigenvalue weighted by Gasteiger charge is -2.17. The SMILES string of the molecule is O=C(Cl)c1cc([N+](=O)[O-])cc2c1CCCC2. The molecule has 1 aliphatic rings. The lowest BCUT2D eigenvalue weighted by Crippen LogP contribution is -2.09. The predicted octanol–water partition coefficient (Wildman–Crippen LogP) is 2.85. The van der Waals surface area contributed by atoms with Gasteiger partial charge in [0.25, 0.3) is 10.9 Å². The van der Waals surface area contributed by atoms with E-state index in [1.807, 2.05) is 0 Å². The molecule has 1 aliphatic carbocycles. The number of non-ortho nitro benzene ring substituents is 1. The summed E-state index contributed by atoms with van der Waals surface area (Å²) < 4.78 is 0. The second kappa shape index (κ2) is 4.22. The fraction of sp³-hybridized carbons (Fsp3) is 0.364. The maximum Gasteiger partial charge on any atom is 0.270 e. The van der Waals surface area contributed by atoms with Crippen molar-refractivity contribution in [3.63, 3.8) is 0 Å². The molecule has 2 rings (SSSR count). The lowest BCUT2D eigenvalue weighted by atomic mass is 9.88. The van der Waals surface area contributed by atoms with Gasteiger partial charge < -0.3 is 0 Å². The summed E-state index contributed by atoms with van der Waals surface area (Å²) in [5.74, 6) is 0. The Balaban J connectivity index is 2.61. The molecule has 0 heterocycles. The summed E-state index contributed by atoms with van der Waals surface area (Å²) in [5.41, 5.74) is 2.02. The Morgan fingerprint density at radius 2 is 2.00 bits per heavy atom. The number of nitro benzene ring substituents is 1. The van der Waals surface area contributed by atoms with Crippen molar-refractivity contribution in [2.75, 3.05) is 0 Å². The summed E-state index contributed by atoms with van der Waals surface area (Å²) >= 11 is 5.46. The fourth-order valence-corrected chi connectivity index (χ4v) is 2.30. The van der Waals surface area contributed by atoms with E-state index in [1.54, 1.807) is 6.07 Å². The number of nitro groups is 1. The van der Waals surface area contributed by atoms with E-state index in [2.05, 4.69) is 0 Å². The van der Waals surface area contributed by atoms with Gasteiger partial charge >= 0.3 is 0 Å². The predicted molar refractivity (Wildman–Crippen MR) is 59.9 cm³/mol. The molecule has 16 heavy (non-hydrogen) atoms. The fourth-order valence-electron chi connectivity index (χ4n) is 2.13. The van der Waals surface area contributed by atoms with Crippen molar-refractivity contribution in [1.82, 2.24) is 0 Å². The molecule has 5 heteroatoms. The second-order valence-electron chi connectivity index (χ2n) is 3.87. The molecule has 0 atom stereocenters. The molecule has 0 aromatic heterocycles. The van der Waals surface area contributed by atoms with Crippen LogP contribution in [0.4, 0.5) is 5.69 Å². The van der Waals surface area contributed by atoms with Crippen molar-refractivity contribution in [3.05, 3.63) is 38.9 Å². The van der Waals surface area contributed by atoms with E-state index in [1.165, 1.54) is 6.07 Å². The molecule has 0 radical (unpaired) electrons. The maximum absolute atomic E-state index is 11.2. The topological polar surface area (TPSA) is 60.2 Å². The summed E-state index contributed by atoms with van der Waals surface area (Å²) in [7, 11) is 0. The lowest BCUT2D eigenvalue weighted by molar-refractivity contribution is -0.385. The third-order valence-electron chi connectivity index (χ3n) is 2.87. The Labute approximate surface area is 97.4 Å². The number of carbonyl (C=O) groups is 1. The summed E-state index contributed by atoms with van der Waals surface area (Å²) in [4.78, 5) is 21.5. The van der Waals surface area contributed by atoms with Crippen LogP contribution in [0.2, 0.25) is 0 Å². The van der Waals surface area contributed by atoms with E-state index in [4.69, 9.17) is 11.6 Å². The van der Waals surface area contributed by atoms with Gasteiger partial charge in [-0.2, -0.15) is 0 Å². The summed E-state index contributed by atoms with van der Waals surface area (Å²) in [5, 5.41) is 10.1. The van der Waals surface area contributed by atoms with Crippen molar-refractivity contribution in [2.24, 2.45) is 0 Å². The van der Waals surface area contributed by atoms with Gasteiger partial charge in [-0.15, -0.1) is 0 Å². The minimum absolute atomic E-state index is 0.0512. The number of hydrogen-bond acceptors (Lipinski definition) is 3. The first-order chi connectivity index (χ1) is 7.59. The van der Waals surface area contributed by atoms with E-state index >= 15 is 0 Å². The molecule has 0 bridgehead atoms. The van der Waals surface area contributed by atoms with Gasteiger partial charge in [-0.05, 0) is 48.4 Å². The van der Waals surface area contributed by atoms with E-state index in [0.29, 0.717) is 5.56 Å². The highest BCUT2D eigenvalue weighted by atomic mass is 35.5. The van der Waals surface area contributed by atoms with Crippen LogP contribution in [0.1, 0.15) is 34.3 Å². The third kappa shape index (κ3) is 1.93. The molecule has 0 saturated carbocycles. The van der Waals surface area contributed by atoms with Crippen LogP contribution in [0.25, 0.3) is 0 Å². The van der Waals surface area contributed by atoms with Crippen molar-refractivity contribution >= 4 is 22.5 Å². The van der Waals surface area contributed by atoms with Crippen LogP contribution < -0.4 is 0 Å². The van der Waals surface area contributed by atoms with Gasteiger partial charge in [0, 0.05) is 17.7 Å². The number of aryl methyl sites for hydroxylation is 1. The molecule has 1 aromatic rings. The quantitative estimate of drug-likeness (QED) is 0.453. The van der Waals surface area contributed by atoms with Gasteiger partial charge in [-0.3, -0.25) is 14.9 Å². The van der Waals surface area contributed by atoms with Gasteiger partial charge in [0.15, 0.2) is 0 Å². The van der Waals surface area contributed by atoms with E-state index in [9.17, 15) is 14.9 Å². The molecule has 4 nitrogen and oxygen atoms in total. The van der Waals surface area contributed by atoms with E-state index in [0.717, 1.165) is 36.8 Å². The number of fused-ring (bicyclic) bond motifs is 1. The molecule has 0 aliphatic heterocycles. The zero-order valence-electron chi connectivity index (χ0n) is 8.53. The highest BCUT2D eigenvalue weighted by Gasteiger charge is 2.21. The monoisotopic (exact) mass is 239 g/mol. The molecule has 1 aromatic carbocycles. The first kappa shape index (κ1) is 11.1. The van der Waals surface area contributed by atoms with Crippen molar-refractivity contribution in [2.45, 2.75) is 25.7 Å². The first-order valence-corrected chi connectivity index (χ1v) is 5.47. The molecule has 0 unspecified atom stereocenters. The largest absolute Gasteiger partial charge is 0.276 e. The Morgan fingerprint density at radius 3 is 2.62 bits per heavy atom. The van der Waals surface area contributed by atoms with Gasteiger partial charge in [0.05, 0.1) is 4.92 Å². The number of benzene rings is 1. The van der Waals surface area contributed by atoms with Gasteiger partial charge in [0.1, 0.15) is 0 Å². The maximum atomic E-state index is 11.2. The standard InChI is InChI=1S/C11H10ClNO3/c12-11(14)10-6-8(13(15)16)5-7-3-1-2-4-9(7)10/h5-6H,1-4H2. The Hall–Kier alpha value is -1.42. The number of rotatable bonds is 2. The smallest absolute Gasteiger partial charge is 0.270 e. The number of hydrogen-bond donors (Lipinski definition) is 0. The zero-order valence-corrected chi connectivity index (χ0v) is 9.29. The van der Waals surface area contributed by atoms with Crippen LogP contribution in [0.3, 0.4) is 0 Å². The normalized spacial score (nSPS) is 14.3. The minimum atomic E-state index is -0.609. The van der Waals surface area contributed by atoms with Crippen LogP contribution >= 0.6 is 11.6 Å². The van der Waals surface area contributed by atoms with Gasteiger partial charge in [-0.1, -0.05) is 0 Å². The van der Waals surface area contributed by atoms with E-state index in [-0.39, 0.29) is 5.69 Å². The van der Waals surface area contributed by atoms with Crippen molar-refractivity contribution < 1.29 is 9.72 Å². The molecule has 0 amide bonds. The van der Waals surface area contributed by atoms with Crippen molar-refractivity contribution in [3.8, 4) is 0 Å². The third-order valence-corrected chi connectivity index (χ3v) is 3.08. The summed E-state index contributed by atoms with van der Waals surface area (Å²) in [6.45, 7) is 0. The Kier molecular flexibility index (Phi) is 2.92. The molecule has 0 fully saturated rings. The van der Waals surface area contributed by atoms with Gasteiger partial charge in [-0.25, -0.2) is 0 Å². The van der Waals surface area contributed by atoms with Crippen LogP contribution in [-0.4, -0.2) is 10.2 Å². The molecule has 0 saturated heterocycles. The van der Waals surface area contributed by atoms with Gasteiger partial charge in [0.2, 0.25) is 0 Å². The molecule has 84 valence electrons. The highest BCUT2D eigenvalue weighted by Crippen LogP contribution is 2.29. The van der Waals surface area contributed by atoms with Crippen LogP contribution in [0.15, 0.2) is 12.1 Å². The van der Waals surface area contributed by atoms with Crippen molar-refractivity contribution in [1.29, 1.82) is 0 Å². The summed E-state index contributed by atoms with van der Waals surface area (Å²) in [6, 6.07) is 2.83. The Morgan fingerprint density at radius 1 is 1.31 bits per heavy atom. The highest BCUT2D eigenvalue weighted by molar-refractivity contribution is 6.68. The molecular weight excluding hydrogens is 230 g/mol. The molecule has 0 N–H and O–H groups in total. The molecule has 0 spiro atoms. The average Bonchev–Trinajstić information content (AvgIpc) is 2.27.